The van der Waals surface area contributed by atoms with Gasteiger partial charge in [-0.15, -0.1) is 0 Å². The fraction of sp³-hybridized carbons (Fsp3) is 0.438. The van der Waals surface area contributed by atoms with Crippen LogP contribution >= 0.6 is 0 Å². The number of nitrogens with zero attached hydrogens (tertiary/aromatic N) is 3. The van der Waals surface area contributed by atoms with Crippen molar-refractivity contribution in [3.8, 4) is 0 Å². The molecule has 37 heavy (non-hydrogen) atoms. The van der Waals surface area contributed by atoms with E-state index in [0.717, 1.165) is 91.0 Å². The molecule has 5 nitrogen and oxygen atoms in total. The largest absolute Gasteiger partial charge is 0.381 e. The van der Waals surface area contributed by atoms with Crippen LogP contribution in [-0.2, 0) is 4.74 Å². The summed E-state index contributed by atoms with van der Waals surface area (Å²) in [5.41, 5.74) is 6.73. The van der Waals surface area contributed by atoms with Crippen molar-refractivity contribution in [1.82, 2.24) is 9.97 Å². The highest BCUT2D eigenvalue weighted by Crippen LogP contribution is 2.21. The van der Waals surface area contributed by atoms with Crippen LogP contribution in [0, 0.1) is 12.8 Å². The molecule has 1 saturated heterocycles. The molecule has 0 bridgehead atoms. The number of rotatable bonds is 8. The van der Waals surface area contributed by atoms with Gasteiger partial charge in [-0.25, -0.2) is 9.97 Å². The van der Waals surface area contributed by atoms with Crippen molar-refractivity contribution in [1.29, 1.82) is 0 Å². The number of ether oxygens (including phenoxy) is 1. The molecule has 0 spiro atoms. The van der Waals surface area contributed by atoms with Crippen molar-refractivity contribution in [3.05, 3.63) is 84.2 Å². The minimum absolute atomic E-state index is 0. The molecule has 1 fully saturated rings. The van der Waals surface area contributed by atoms with Crippen molar-refractivity contribution in [2.45, 2.75) is 59.4 Å². The van der Waals surface area contributed by atoms with Crippen LogP contribution in [0.4, 0.5) is 11.6 Å². The van der Waals surface area contributed by atoms with Gasteiger partial charge in [-0.3, -0.25) is 0 Å². The first kappa shape index (κ1) is 28.4. The summed E-state index contributed by atoms with van der Waals surface area (Å²) in [6.45, 7) is 19.0. The molecule has 4 rings (SSSR count). The van der Waals surface area contributed by atoms with E-state index in [1.807, 2.05) is 33.0 Å². The maximum Gasteiger partial charge on any atom is 0.128 e. The SMILES string of the molecule is C=C(C)c1ccc(N(C)CC2CCOCC2)nc1.C=C(C)c1ccc(NC(C)C2=CCCC=C2)nc1C.[HH]. The fourth-order valence-corrected chi connectivity index (χ4v) is 4.63. The average Bonchev–Trinajstić information content (AvgIpc) is 2.90. The molecule has 0 saturated carbocycles. The van der Waals surface area contributed by atoms with E-state index in [1.165, 1.54) is 5.57 Å². The Labute approximate surface area is 225 Å². The van der Waals surface area contributed by atoms with E-state index < -0.39 is 0 Å². The Morgan fingerprint density at radius 3 is 2.46 bits per heavy atom. The van der Waals surface area contributed by atoms with Gasteiger partial charge in [0, 0.05) is 46.2 Å². The van der Waals surface area contributed by atoms with Gasteiger partial charge in [0.1, 0.15) is 11.6 Å². The third-order valence-corrected chi connectivity index (χ3v) is 6.94. The number of aromatic nitrogens is 2. The third-order valence-electron chi connectivity index (χ3n) is 6.94. The Bertz CT molecular complexity index is 1120. The second-order valence-electron chi connectivity index (χ2n) is 10.3. The molecular weight excluding hydrogens is 456 g/mol. The van der Waals surface area contributed by atoms with Gasteiger partial charge in [0.25, 0.3) is 0 Å². The monoisotopic (exact) mass is 502 g/mol. The van der Waals surface area contributed by atoms with Crippen LogP contribution in [0.25, 0.3) is 11.1 Å². The quantitative estimate of drug-likeness (QED) is 0.400. The summed E-state index contributed by atoms with van der Waals surface area (Å²) in [6, 6.07) is 8.57. The molecule has 1 aliphatic heterocycles. The molecule has 200 valence electrons. The molecule has 1 aliphatic carbocycles. The number of hydrogen-bond acceptors (Lipinski definition) is 5. The molecule has 2 aromatic heterocycles. The third kappa shape index (κ3) is 8.71. The van der Waals surface area contributed by atoms with Gasteiger partial charge in [0.2, 0.25) is 0 Å². The average molecular weight is 503 g/mol. The van der Waals surface area contributed by atoms with E-state index in [-0.39, 0.29) is 1.43 Å². The number of allylic oxidation sites excluding steroid dienone is 4. The molecule has 2 aromatic rings. The number of pyridine rings is 2. The van der Waals surface area contributed by atoms with Crippen molar-refractivity contribution in [2.75, 3.05) is 37.0 Å². The van der Waals surface area contributed by atoms with Crippen molar-refractivity contribution < 1.29 is 6.16 Å². The summed E-state index contributed by atoms with van der Waals surface area (Å²) in [7, 11) is 2.11. The zero-order valence-corrected chi connectivity index (χ0v) is 23.4. The topological polar surface area (TPSA) is 50.3 Å². The summed E-state index contributed by atoms with van der Waals surface area (Å²) in [5.74, 6) is 2.69. The van der Waals surface area contributed by atoms with Gasteiger partial charge in [-0.2, -0.15) is 0 Å². The Hall–Kier alpha value is -3.18. The number of anilines is 2. The van der Waals surface area contributed by atoms with Crippen LogP contribution in [0.5, 0.6) is 0 Å². The van der Waals surface area contributed by atoms with Crippen molar-refractivity contribution in [2.24, 2.45) is 5.92 Å². The lowest BCUT2D eigenvalue weighted by molar-refractivity contribution is 0.0685. The molecule has 0 radical (unpaired) electrons. The number of hydrogen-bond donors (Lipinski definition) is 1. The van der Waals surface area contributed by atoms with E-state index in [9.17, 15) is 0 Å². The smallest absolute Gasteiger partial charge is 0.128 e. The molecule has 5 heteroatoms. The standard InChI is InChI=1S/C17H22N2.C15H22N2O.H2/c1-12(2)16-10-11-17(19-14(16)4)18-13(3)15-8-6-5-7-9-15;1-12(2)14-4-5-15(16-10-14)17(3)11-13-6-8-18-9-7-13;/h6,8-11,13H,1,5,7H2,2-4H3,(H,18,19);4-5,10,13H,1,6-9,11H2,2-3H3;1H. The maximum atomic E-state index is 5.39. The maximum absolute atomic E-state index is 5.39. The van der Waals surface area contributed by atoms with Crippen molar-refractivity contribution >= 4 is 22.8 Å². The van der Waals surface area contributed by atoms with Gasteiger partial charge in [0.05, 0.1) is 0 Å². The van der Waals surface area contributed by atoms with Gasteiger partial charge in [-0.1, -0.05) is 31.4 Å². The number of nitrogens with one attached hydrogen (secondary N) is 1. The lowest BCUT2D eigenvalue weighted by Crippen LogP contribution is -2.30. The van der Waals surface area contributed by atoms with Crippen LogP contribution in [0.2, 0.25) is 0 Å². The summed E-state index contributed by atoms with van der Waals surface area (Å²) < 4.78 is 5.39. The summed E-state index contributed by atoms with van der Waals surface area (Å²) in [6.07, 6.45) is 13.2. The van der Waals surface area contributed by atoms with Crippen LogP contribution in [0.3, 0.4) is 0 Å². The van der Waals surface area contributed by atoms with E-state index >= 15 is 0 Å². The lowest BCUT2D eigenvalue weighted by Gasteiger charge is -2.27. The first-order valence-corrected chi connectivity index (χ1v) is 13.4. The van der Waals surface area contributed by atoms with Gasteiger partial charge in [0.15, 0.2) is 0 Å². The fourth-order valence-electron chi connectivity index (χ4n) is 4.63. The molecule has 1 unspecified atom stereocenters. The van der Waals surface area contributed by atoms with Crippen molar-refractivity contribution in [3.63, 3.8) is 0 Å². The normalized spacial score (nSPS) is 16.2. The van der Waals surface area contributed by atoms with E-state index in [0.29, 0.717) is 6.04 Å². The lowest BCUT2D eigenvalue weighted by atomic mass is 10.00. The highest BCUT2D eigenvalue weighted by Gasteiger charge is 2.16. The van der Waals surface area contributed by atoms with Crippen LogP contribution in [0.15, 0.2) is 67.4 Å². The van der Waals surface area contributed by atoms with E-state index in [4.69, 9.17) is 4.74 Å². The predicted octanol–water partition coefficient (Wildman–Crippen LogP) is 7.72. The summed E-state index contributed by atoms with van der Waals surface area (Å²) in [5, 5.41) is 3.46. The van der Waals surface area contributed by atoms with Gasteiger partial charge < -0.3 is 15.0 Å². The molecule has 0 amide bonds. The Morgan fingerprint density at radius 1 is 1.14 bits per heavy atom. The second-order valence-corrected chi connectivity index (χ2v) is 10.3. The van der Waals surface area contributed by atoms with E-state index in [2.05, 4.69) is 83.7 Å². The molecule has 1 N–H and O–H groups in total. The molecule has 2 aliphatic rings. The summed E-state index contributed by atoms with van der Waals surface area (Å²) >= 11 is 0. The molecule has 0 aromatic carbocycles. The highest BCUT2D eigenvalue weighted by atomic mass is 16.5. The molecule has 3 heterocycles. The Kier molecular flexibility index (Phi) is 10.7. The van der Waals surface area contributed by atoms with Gasteiger partial charge >= 0.3 is 0 Å². The Balaban J connectivity index is 0.000000260. The van der Waals surface area contributed by atoms with Crippen LogP contribution in [-0.4, -0.2) is 42.8 Å². The van der Waals surface area contributed by atoms with Crippen LogP contribution in [0.1, 0.15) is 64.7 Å². The first-order valence-electron chi connectivity index (χ1n) is 13.4. The second kappa shape index (κ2) is 13.9. The zero-order chi connectivity index (χ0) is 26.8. The van der Waals surface area contributed by atoms with Crippen LogP contribution < -0.4 is 10.2 Å². The molecular formula is C32H46N4O. The van der Waals surface area contributed by atoms with Gasteiger partial charge in [-0.05, 0) is 111 Å². The number of aryl methyl sites for hydroxylation is 1. The highest BCUT2D eigenvalue weighted by molar-refractivity contribution is 5.64. The zero-order valence-electron chi connectivity index (χ0n) is 23.4. The minimum atomic E-state index is 0. The molecule has 1 atom stereocenters. The Morgan fingerprint density at radius 2 is 1.89 bits per heavy atom. The van der Waals surface area contributed by atoms with E-state index in [1.54, 1.807) is 0 Å². The summed E-state index contributed by atoms with van der Waals surface area (Å²) in [4.78, 5) is 11.3. The minimum Gasteiger partial charge on any atom is -0.381 e. The predicted molar refractivity (Wildman–Crippen MR) is 161 cm³/mol. The first-order chi connectivity index (χ1) is 17.7.